The fourth-order valence-corrected chi connectivity index (χ4v) is 4.45. The van der Waals surface area contributed by atoms with Crippen LogP contribution in [0.1, 0.15) is 36.0 Å². The number of hydrogen-bond acceptors (Lipinski definition) is 5. The molecule has 7 nitrogen and oxygen atoms in total. The molecule has 3 rings (SSSR count). The van der Waals surface area contributed by atoms with Crippen molar-refractivity contribution in [1.29, 1.82) is 0 Å². The fourth-order valence-electron chi connectivity index (χ4n) is 3.94. The van der Waals surface area contributed by atoms with Crippen molar-refractivity contribution in [1.82, 2.24) is 9.80 Å². The quantitative estimate of drug-likeness (QED) is 0.779. The maximum absolute atomic E-state index is 12.7. The molecule has 3 N–H and O–H groups in total. The van der Waals surface area contributed by atoms with Crippen molar-refractivity contribution in [3.05, 3.63) is 29.8 Å². The van der Waals surface area contributed by atoms with Crippen molar-refractivity contribution in [2.45, 2.75) is 30.6 Å². The average molecular weight is 381 g/mol. The number of rotatable bonds is 5. The Morgan fingerprint density at radius 1 is 1.08 bits per heavy atom. The number of amides is 1. The van der Waals surface area contributed by atoms with E-state index in [2.05, 4.69) is 4.90 Å². The van der Waals surface area contributed by atoms with Gasteiger partial charge in [-0.1, -0.05) is 0 Å². The van der Waals surface area contributed by atoms with Gasteiger partial charge in [0.05, 0.1) is 11.5 Å². The molecule has 1 aromatic rings. The van der Waals surface area contributed by atoms with Crippen LogP contribution < -0.4 is 5.14 Å². The Morgan fingerprint density at radius 3 is 2.15 bits per heavy atom. The van der Waals surface area contributed by atoms with E-state index in [-0.39, 0.29) is 22.8 Å². The third-order valence-electron chi connectivity index (χ3n) is 5.63. The summed E-state index contributed by atoms with van der Waals surface area (Å²) in [5.74, 6) is -0.112. The maximum Gasteiger partial charge on any atom is 0.253 e. The van der Waals surface area contributed by atoms with Gasteiger partial charge in [0.1, 0.15) is 0 Å². The van der Waals surface area contributed by atoms with Gasteiger partial charge in [-0.15, -0.1) is 0 Å². The summed E-state index contributed by atoms with van der Waals surface area (Å²) in [5.41, 5.74) is 0.326. The number of carbonyl (C=O) groups is 1. The first-order valence-electron chi connectivity index (χ1n) is 9.08. The molecule has 2 aliphatic rings. The Balaban J connectivity index is 1.62. The van der Waals surface area contributed by atoms with Gasteiger partial charge in [-0.2, -0.15) is 0 Å². The lowest BCUT2D eigenvalue weighted by atomic mass is 9.78. The molecule has 2 saturated heterocycles. The monoisotopic (exact) mass is 381 g/mol. The number of aliphatic hydroxyl groups excluding tert-OH is 1. The summed E-state index contributed by atoms with van der Waals surface area (Å²) >= 11 is 0. The van der Waals surface area contributed by atoms with Crippen LogP contribution in [0, 0.1) is 5.41 Å². The fraction of sp³-hybridized carbons (Fsp3) is 0.611. The zero-order valence-corrected chi connectivity index (χ0v) is 15.7. The van der Waals surface area contributed by atoms with E-state index in [1.165, 1.54) is 37.1 Å². The zero-order chi connectivity index (χ0) is 18.8. The van der Waals surface area contributed by atoms with Gasteiger partial charge in [0.15, 0.2) is 0 Å². The van der Waals surface area contributed by atoms with Crippen molar-refractivity contribution in [3.8, 4) is 0 Å². The minimum Gasteiger partial charge on any atom is -0.396 e. The molecule has 0 bridgehead atoms. The molecule has 0 saturated carbocycles. The molecular formula is C18H27N3O4S. The topological polar surface area (TPSA) is 104 Å². The number of hydrogen-bond donors (Lipinski definition) is 2. The van der Waals surface area contributed by atoms with Gasteiger partial charge in [0.2, 0.25) is 10.0 Å². The van der Waals surface area contributed by atoms with E-state index in [4.69, 9.17) is 5.14 Å². The first-order valence-corrected chi connectivity index (χ1v) is 10.6. The van der Waals surface area contributed by atoms with E-state index in [0.717, 1.165) is 32.5 Å². The molecule has 0 spiro atoms. The Labute approximate surface area is 154 Å². The Kier molecular flexibility index (Phi) is 5.67. The second kappa shape index (κ2) is 7.64. The van der Waals surface area contributed by atoms with Gasteiger partial charge >= 0.3 is 0 Å². The minimum atomic E-state index is -3.76. The number of nitrogens with zero attached hydrogens (tertiary/aromatic N) is 2. The second-order valence-electron chi connectivity index (χ2n) is 7.50. The summed E-state index contributed by atoms with van der Waals surface area (Å²) in [6.07, 6.45) is 4.00. The van der Waals surface area contributed by atoms with E-state index in [1.807, 2.05) is 0 Å². The Hall–Kier alpha value is -1.48. The number of piperidine rings is 1. The molecule has 8 heteroatoms. The molecule has 26 heavy (non-hydrogen) atoms. The van der Waals surface area contributed by atoms with E-state index in [1.54, 1.807) is 4.90 Å². The van der Waals surface area contributed by atoms with Crippen LogP contribution in [0.2, 0.25) is 0 Å². The summed E-state index contributed by atoms with van der Waals surface area (Å²) in [5, 5.41) is 15.0. The molecule has 0 atom stereocenters. The first-order chi connectivity index (χ1) is 12.3. The lowest BCUT2D eigenvalue weighted by Crippen LogP contribution is -2.49. The molecule has 144 valence electrons. The predicted molar refractivity (Wildman–Crippen MR) is 98.1 cm³/mol. The minimum absolute atomic E-state index is 0.00222. The SMILES string of the molecule is NS(=O)(=O)c1ccc(C(=O)N2CCC(CO)(CN3CCCC3)CC2)cc1. The van der Waals surface area contributed by atoms with Crippen LogP contribution in [-0.2, 0) is 10.0 Å². The molecule has 2 aliphatic heterocycles. The van der Waals surface area contributed by atoms with Crippen molar-refractivity contribution >= 4 is 15.9 Å². The molecule has 2 heterocycles. The highest BCUT2D eigenvalue weighted by atomic mass is 32.2. The van der Waals surface area contributed by atoms with Crippen LogP contribution in [0.5, 0.6) is 0 Å². The first kappa shape index (κ1) is 19.3. The average Bonchev–Trinajstić information content (AvgIpc) is 3.14. The number of likely N-dealkylation sites (tertiary alicyclic amines) is 2. The number of primary sulfonamides is 1. The molecule has 0 aliphatic carbocycles. The van der Waals surface area contributed by atoms with Gasteiger partial charge in [-0.3, -0.25) is 4.79 Å². The molecule has 0 radical (unpaired) electrons. The number of benzene rings is 1. The van der Waals surface area contributed by atoms with Gasteiger partial charge in [-0.05, 0) is 63.0 Å². The van der Waals surface area contributed by atoms with Crippen molar-refractivity contribution in [2.24, 2.45) is 10.6 Å². The number of aliphatic hydroxyl groups is 1. The van der Waals surface area contributed by atoms with E-state index >= 15 is 0 Å². The number of carbonyl (C=O) groups excluding carboxylic acids is 1. The van der Waals surface area contributed by atoms with Crippen LogP contribution in [0.4, 0.5) is 0 Å². The number of sulfonamides is 1. The van der Waals surface area contributed by atoms with Gasteiger partial charge in [-0.25, -0.2) is 13.6 Å². The second-order valence-corrected chi connectivity index (χ2v) is 9.06. The van der Waals surface area contributed by atoms with Crippen LogP contribution in [0.25, 0.3) is 0 Å². The lowest BCUT2D eigenvalue weighted by Gasteiger charge is -2.42. The molecule has 1 amide bonds. The van der Waals surface area contributed by atoms with Gasteiger partial charge in [0, 0.05) is 30.6 Å². The van der Waals surface area contributed by atoms with Crippen LogP contribution in [-0.4, -0.2) is 68.6 Å². The smallest absolute Gasteiger partial charge is 0.253 e. The van der Waals surface area contributed by atoms with Gasteiger partial charge in [0.25, 0.3) is 5.91 Å². The van der Waals surface area contributed by atoms with Crippen molar-refractivity contribution in [3.63, 3.8) is 0 Å². The van der Waals surface area contributed by atoms with Crippen LogP contribution in [0.3, 0.4) is 0 Å². The highest BCUT2D eigenvalue weighted by Crippen LogP contribution is 2.33. The van der Waals surface area contributed by atoms with Crippen LogP contribution in [0.15, 0.2) is 29.2 Å². The molecule has 1 aromatic carbocycles. The van der Waals surface area contributed by atoms with E-state index in [9.17, 15) is 18.3 Å². The van der Waals surface area contributed by atoms with E-state index < -0.39 is 10.0 Å². The standard InChI is InChI=1S/C18H27N3O4S/c19-26(24,25)16-5-3-15(4-6-16)17(23)21-11-7-18(14-22,8-12-21)13-20-9-1-2-10-20/h3-6,22H,1-2,7-14H2,(H2,19,24,25). The summed E-state index contributed by atoms with van der Waals surface area (Å²) in [6.45, 7) is 4.44. The largest absolute Gasteiger partial charge is 0.396 e. The molecule has 0 unspecified atom stereocenters. The highest BCUT2D eigenvalue weighted by Gasteiger charge is 2.37. The van der Waals surface area contributed by atoms with Crippen molar-refractivity contribution < 1.29 is 18.3 Å². The lowest BCUT2D eigenvalue weighted by molar-refractivity contribution is 0.0179. The van der Waals surface area contributed by atoms with E-state index in [0.29, 0.717) is 18.7 Å². The predicted octanol–water partition coefficient (Wildman–Crippen LogP) is 0.645. The van der Waals surface area contributed by atoms with Gasteiger partial charge < -0.3 is 14.9 Å². The molecule has 0 aromatic heterocycles. The summed E-state index contributed by atoms with van der Waals surface area (Å²) in [4.78, 5) is 16.9. The number of nitrogens with two attached hydrogens (primary N) is 1. The van der Waals surface area contributed by atoms with Crippen molar-refractivity contribution in [2.75, 3.05) is 39.3 Å². The third kappa shape index (κ3) is 4.25. The summed E-state index contributed by atoms with van der Waals surface area (Å²) < 4.78 is 22.6. The maximum atomic E-state index is 12.7. The normalized spacial score (nSPS) is 21.1. The Morgan fingerprint density at radius 2 is 1.65 bits per heavy atom. The third-order valence-corrected chi connectivity index (χ3v) is 6.56. The summed E-state index contributed by atoms with van der Waals surface area (Å²) in [6, 6.07) is 5.72. The molecule has 2 fully saturated rings. The summed E-state index contributed by atoms with van der Waals surface area (Å²) in [7, 11) is -3.76. The zero-order valence-electron chi connectivity index (χ0n) is 14.9. The Bertz CT molecular complexity index is 734. The molecular weight excluding hydrogens is 354 g/mol. The van der Waals surface area contributed by atoms with Crippen LogP contribution >= 0.6 is 0 Å². The highest BCUT2D eigenvalue weighted by molar-refractivity contribution is 7.89.